The molecule has 126 valence electrons. The van der Waals surface area contributed by atoms with Crippen molar-refractivity contribution in [2.24, 2.45) is 10.7 Å². The average molecular weight is 344 g/mol. The molecule has 1 aliphatic rings. The summed E-state index contributed by atoms with van der Waals surface area (Å²) >= 11 is 6.25. The molecule has 0 amide bonds. The molecule has 1 aliphatic carbocycles. The van der Waals surface area contributed by atoms with Crippen LogP contribution in [0.4, 0.5) is 0 Å². The van der Waals surface area contributed by atoms with Crippen LogP contribution < -0.4 is 15.8 Å². The lowest BCUT2D eigenvalue weighted by atomic mass is 9.76. The molecule has 2 aromatic rings. The van der Waals surface area contributed by atoms with Gasteiger partial charge in [-0.2, -0.15) is 0 Å². The van der Waals surface area contributed by atoms with E-state index in [1.165, 1.54) is 5.56 Å². The Kier molecular flexibility index (Phi) is 5.26. The summed E-state index contributed by atoms with van der Waals surface area (Å²) in [6.07, 6.45) is 2.04. The molecule has 0 heterocycles. The molecule has 24 heavy (non-hydrogen) atoms. The minimum atomic E-state index is 0.354. The predicted molar refractivity (Wildman–Crippen MR) is 98.7 cm³/mol. The maximum atomic E-state index is 6.25. The Morgan fingerprint density at radius 2 is 1.92 bits per heavy atom. The van der Waals surface area contributed by atoms with Crippen molar-refractivity contribution in [3.63, 3.8) is 0 Å². The van der Waals surface area contributed by atoms with E-state index >= 15 is 0 Å². The van der Waals surface area contributed by atoms with Crippen LogP contribution in [0.3, 0.4) is 0 Å². The SMILES string of the molecule is COc1ccccc1CN=C(N)NC1CC(c2ccccc2Cl)C1. The first-order valence-corrected chi connectivity index (χ1v) is 8.48. The largest absolute Gasteiger partial charge is 0.496 e. The van der Waals surface area contributed by atoms with Crippen LogP contribution in [0.25, 0.3) is 0 Å². The molecular formula is C19H22ClN3O. The highest BCUT2D eigenvalue weighted by Crippen LogP contribution is 2.39. The van der Waals surface area contributed by atoms with Gasteiger partial charge in [-0.25, -0.2) is 4.99 Å². The van der Waals surface area contributed by atoms with Gasteiger partial charge in [0.25, 0.3) is 0 Å². The van der Waals surface area contributed by atoms with Crippen LogP contribution in [0.1, 0.15) is 29.9 Å². The van der Waals surface area contributed by atoms with Crippen LogP contribution >= 0.6 is 11.6 Å². The molecule has 0 aliphatic heterocycles. The highest BCUT2D eigenvalue weighted by atomic mass is 35.5. The zero-order valence-electron chi connectivity index (χ0n) is 13.7. The molecule has 4 nitrogen and oxygen atoms in total. The smallest absolute Gasteiger partial charge is 0.189 e. The maximum absolute atomic E-state index is 6.25. The van der Waals surface area contributed by atoms with E-state index in [0.717, 1.165) is 29.2 Å². The molecule has 0 spiro atoms. The summed E-state index contributed by atoms with van der Waals surface area (Å²) < 4.78 is 5.32. The second-order valence-electron chi connectivity index (χ2n) is 6.04. The first kappa shape index (κ1) is 16.7. The van der Waals surface area contributed by atoms with Crippen molar-refractivity contribution < 1.29 is 4.74 Å². The molecule has 0 unspecified atom stereocenters. The molecule has 0 atom stereocenters. The number of para-hydroxylation sites is 1. The normalized spacial score (nSPS) is 20.3. The third-order valence-corrected chi connectivity index (χ3v) is 4.79. The standard InChI is InChI=1S/C19H22ClN3O/c1-24-18-9-5-2-6-13(18)12-22-19(21)23-15-10-14(11-15)16-7-3-4-8-17(16)20/h2-9,14-15H,10-12H2,1H3,(H3,21,22,23). The summed E-state index contributed by atoms with van der Waals surface area (Å²) in [5, 5.41) is 4.13. The summed E-state index contributed by atoms with van der Waals surface area (Å²) in [5.41, 5.74) is 8.25. The van der Waals surface area contributed by atoms with E-state index in [0.29, 0.717) is 24.5 Å². The number of rotatable bonds is 5. The molecule has 3 rings (SSSR count). The van der Waals surface area contributed by atoms with Gasteiger partial charge >= 0.3 is 0 Å². The highest BCUT2D eigenvalue weighted by molar-refractivity contribution is 6.31. The van der Waals surface area contributed by atoms with E-state index < -0.39 is 0 Å². The third-order valence-electron chi connectivity index (χ3n) is 4.45. The zero-order chi connectivity index (χ0) is 16.9. The lowest BCUT2D eigenvalue weighted by Crippen LogP contribution is -2.46. The number of aliphatic imine (C=N–C) groups is 1. The topological polar surface area (TPSA) is 59.6 Å². The maximum Gasteiger partial charge on any atom is 0.189 e. The van der Waals surface area contributed by atoms with Crippen molar-refractivity contribution in [3.05, 3.63) is 64.7 Å². The quantitative estimate of drug-likeness (QED) is 0.643. The van der Waals surface area contributed by atoms with Gasteiger partial charge in [0.05, 0.1) is 13.7 Å². The fourth-order valence-corrected chi connectivity index (χ4v) is 3.34. The molecule has 1 saturated carbocycles. The van der Waals surface area contributed by atoms with Crippen molar-refractivity contribution in [3.8, 4) is 5.75 Å². The Labute approximate surface area is 147 Å². The second kappa shape index (κ2) is 7.58. The fourth-order valence-electron chi connectivity index (χ4n) is 3.05. The Bertz CT molecular complexity index is 726. The minimum absolute atomic E-state index is 0.354. The van der Waals surface area contributed by atoms with Crippen molar-refractivity contribution >= 4 is 17.6 Å². The molecule has 3 N–H and O–H groups in total. The number of hydrogen-bond acceptors (Lipinski definition) is 2. The fraction of sp³-hybridized carbons (Fsp3) is 0.316. The summed E-state index contributed by atoms with van der Waals surface area (Å²) in [6, 6.07) is 16.2. The van der Waals surface area contributed by atoms with Crippen molar-refractivity contribution in [1.82, 2.24) is 5.32 Å². The number of halogens is 1. The summed E-state index contributed by atoms with van der Waals surface area (Å²) in [4.78, 5) is 4.42. The third kappa shape index (κ3) is 3.82. The van der Waals surface area contributed by atoms with Crippen LogP contribution in [-0.2, 0) is 6.54 Å². The summed E-state index contributed by atoms with van der Waals surface area (Å²) in [5.74, 6) is 1.80. The number of nitrogens with one attached hydrogen (secondary N) is 1. The summed E-state index contributed by atoms with van der Waals surface area (Å²) in [7, 11) is 1.66. The van der Waals surface area contributed by atoms with Gasteiger partial charge in [0, 0.05) is 16.6 Å². The molecular weight excluding hydrogens is 322 g/mol. The van der Waals surface area contributed by atoms with E-state index in [1.54, 1.807) is 7.11 Å². The van der Waals surface area contributed by atoms with Crippen molar-refractivity contribution in [2.75, 3.05) is 7.11 Å². The van der Waals surface area contributed by atoms with Gasteiger partial charge in [-0.15, -0.1) is 0 Å². The van der Waals surface area contributed by atoms with Gasteiger partial charge in [0.15, 0.2) is 5.96 Å². The summed E-state index contributed by atoms with van der Waals surface area (Å²) in [6.45, 7) is 0.503. The van der Waals surface area contributed by atoms with Crippen LogP contribution in [0.5, 0.6) is 5.75 Å². The van der Waals surface area contributed by atoms with E-state index in [4.69, 9.17) is 22.1 Å². The van der Waals surface area contributed by atoms with Crippen molar-refractivity contribution in [2.45, 2.75) is 31.3 Å². The number of benzene rings is 2. The number of methoxy groups -OCH3 is 1. The Balaban J connectivity index is 1.51. The molecule has 0 saturated heterocycles. The molecule has 0 radical (unpaired) electrons. The van der Waals surface area contributed by atoms with E-state index in [-0.39, 0.29) is 0 Å². The predicted octanol–water partition coefficient (Wildman–Crippen LogP) is 3.70. The lowest BCUT2D eigenvalue weighted by Gasteiger charge is -2.36. The van der Waals surface area contributed by atoms with Crippen LogP contribution in [0.15, 0.2) is 53.5 Å². The number of nitrogens with zero attached hydrogens (tertiary/aromatic N) is 1. The van der Waals surface area contributed by atoms with Gasteiger partial charge in [0.1, 0.15) is 5.75 Å². The average Bonchev–Trinajstić information content (AvgIpc) is 2.57. The van der Waals surface area contributed by atoms with E-state index in [1.807, 2.05) is 42.5 Å². The Hall–Kier alpha value is -2.20. The molecule has 2 aromatic carbocycles. The zero-order valence-corrected chi connectivity index (χ0v) is 14.5. The van der Waals surface area contributed by atoms with Gasteiger partial charge in [-0.1, -0.05) is 48.0 Å². The van der Waals surface area contributed by atoms with Crippen LogP contribution in [-0.4, -0.2) is 19.1 Å². The lowest BCUT2D eigenvalue weighted by molar-refractivity contribution is 0.323. The van der Waals surface area contributed by atoms with Gasteiger partial charge in [0.2, 0.25) is 0 Å². The molecule has 0 aromatic heterocycles. The minimum Gasteiger partial charge on any atom is -0.496 e. The molecule has 5 heteroatoms. The number of ether oxygens (including phenoxy) is 1. The van der Waals surface area contributed by atoms with Gasteiger partial charge < -0.3 is 15.8 Å². The number of nitrogens with two attached hydrogens (primary N) is 1. The second-order valence-corrected chi connectivity index (χ2v) is 6.45. The first-order valence-electron chi connectivity index (χ1n) is 8.10. The highest BCUT2D eigenvalue weighted by Gasteiger charge is 2.31. The van der Waals surface area contributed by atoms with Crippen molar-refractivity contribution in [1.29, 1.82) is 0 Å². The van der Waals surface area contributed by atoms with E-state index in [9.17, 15) is 0 Å². The Morgan fingerprint density at radius 1 is 1.21 bits per heavy atom. The van der Waals surface area contributed by atoms with E-state index in [2.05, 4.69) is 16.4 Å². The number of guanidine groups is 1. The van der Waals surface area contributed by atoms with Gasteiger partial charge in [-0.3, -0.25) is 0 Å². The number of hydrogen-bond donors (Lipinski definition) is 2. The van der Waals surface area contributed by atoms with Gasteiger partial charge in [-0.05, 0) is 36.5 Å². The Morgan fingerprint density at radius 3 is 2.67 bits per heavy atom. The monoisotopic (exact) mass is 343 g/mol. The molecule has 0 bridgehead atoms. The van der Waals surface area contributed by atoms with Crippen LogP contribution in [0, 0.1) is 0 Å². The first-order chi connectivity index (χ1) is 11.7. The molecule has 1 fully saturated rings. The van der Waals surface area contributed by atoms with Crippen LogP contribution in [0.2, 0.25) is 5.02 Å².